The predicted octanol–water partition coefficient (Wildman–Crippen LogP) is 0.904. The van der Waals surface area contributed by atoms with Gasteiger partial charge in [-0.1, -0.05) is 0 Å². The molecule has 2 heterocycles. The third-order valence-electron chi connectivity index (χ3n) is 2.67. The number of nitrogen functional groups attached to an aromatic ring is 1. The molecule has 1 amide bonds. The lowest BCUT2D eigenvalue weighted by molar-refractivity contribution is -0.142. The van der Waals surface area contributed by atoms with Gasteiger partial charge in [0.25, 0.3) is 0 Å². The van der Waals surface area contributed by atoms with Crippen molar-refractivity contribution in [1.29, 1.82) is 0 Å². The number of thiazole rings is 1. The largest absolute Gasteiger partial charge is 0.375 e. The van der Waals surface area contributed by atoms with E-state index in [4.69, 9.17) is 10.5 Å². The average Bonchev–Trinajstić information content (AvgIpc) is 2.62. The van der Waals surface area contributed by atoms with Crippen LogP contribution in [0.2, 0.25) is 0 Å². The average molecular weight is 255 g/mol. The second-order valence-electron chi connectivity index (χ2n) is 4.41. The molecule has 1 aromatic rings. The highest BCUT2D eigenvalue weighted by molar-refractivity contribution is 7.13. The van der Waals surface area contributed by atoms with Gasteiger partial charge in [0.2, 0.25) is 5.91 Å². The molecule has 6 heteroatoms. The zero-order chi connectivity index (χ0) is 12.4. The molecule has 1 saturated heterocycles. The maximum atomic E-state index is 12.1. The van der Waals surface area contributed by atoms with Gasteiger partial charge in [-0.15, -0.1) is 11.3 Å². The molecule has 0 bridgehead atoms. The Morgan fingerprint density at radius 3 is 2.76 bits per heavy atom. The van der Waals surface area contributed by atoms with Crippen molar-refractivity contribution in [3.8, 4) is 0 Å². The van der Waals surface area contributed by atoms with Crippen LogP contribution >= 0.6 is 11.3 Å². The molecule has 2 rings (SSSR count). The summed E-state index contributed by atoms with van der Waals surface area (Å²) in [6.07, 6.45) is 0.527. The number of morpholine rings is 1. The summed E-state index contributed by atoms with van der Waals surface area (Å²) in [5, 5.41) is 2.34. The van der Waals surface area contributed by atoms with E-state index >= 15 is 0 Å². The van der Waals surface area contributed by atoms with Crippen LogP contribution in [-0.4, -0.2) is 41.1 Å². The lowest BCUT2D eigenvalue weighted by atomic mass is 10.2. The minimum absolute atomic E-state index is 0.0947. The molecule has 0 radical (unpaired) electrons. The summed E-state index contributed by atoms with van der Waals surface area (Å²) in [7, 11) is 0. The second-order valence-corrected chi connectivity index (χ2v) is 5.30. The second kappa shape index (κ2) is 5.01. The standard InChI is InChI=1S/C11H17N3O2S/c1-7-4-14(5-8(2)16-7)10(15)3-9-6-17-11(12)13-9/h6-8H,3-5H2,1-2H3,(H2,12,13)/t7-,8+. The monoisotopic (exact) mass is 255 g/mol. The summed E-state index contributed by atoms with van der Waals surface area (Å²) in [6.45, 7) is 5.28. The number of nitrogens with zero attached hydrogens (tertiary/aromatic N) is 2. The Bertz CT molecular complexity index is 397. The molecule has 0 aromatic carbocycles. The highest BCUT2D eigenvalue weighted by atomic mass is 32.1. The number of ether oxygens (including phenoxy) is 1. The van der Waals surface area contributed by atoms with Crippen molar-refractivity contribution in [2.24, 2.45) is 0 Å². The number of carbonyl (C=O) groups is 1. The molecule has 1 aliphatic rings. The van der Waals surface area contributed by atoms with Crippen molar-refractivity contribution in [1.82, 2.24) is 9.88 Å². The summed E-state index contributed by atoms with van der Waals surface area (Å²) >= 11 is 1.37. The molecule has 1 aliphatic heterocycles. The smallest absolute Gasteiger partial charge is 0.228 e. The summed E-state index contributed by atoms with van der Waals surface area (Å²) in [5.41, 5.74) is 6.29. The van der Waals surface area contributed by atoms with Crippen LogP contribution in [0.25, 0.3) is 0 Å². The molecule has 0 unspecified atom stereocenters. The molecule has 94 valence electrons. The minimum atomic E-state index is 0.0947. The van der Waals surface area contributed by atoms with Gasteiger partial charge >= 0.3 is 0 Å². The fourth-order valence-corrected chi connectivity index (χ4v) is 2.61. The van der Waals surface area contributed by atoms with Crippen LogP contribution in [0.15, 0.2) is 5.38 Å². The SMILES string of the molecule is C[C@@H]1CN(C(=O)Cc2csc(N)n2)C[C@H](C)O1. The minimum Gasteiger partial charge on any atom is -0.375 e. The molecule has 1 fully saturated rings. The molecular formula is C11H17N3O2S. The summed E-state index contributed by atoms with van der Waals surface area (Å²) < 4.78 is 5.59. The van der Waals surface area contributed by atoms with E-state index in [1.165, 1.54) is 11.3 Å². The highest BCUT2D eigenvalue weighted by Gasteiger charge is 2.26. The lowest BCUT2D eigenvalue weighted by Crippen LogP contribution is -2.48. The zero-order valence-electron chi connectivity index (χ0n) is 10.0. The van der Waals surface area contributed by atoms with Crippen LogP contribution < -0.4 is 5.73 Å². The first-order valence-electron chi connectivity index (χ1n) is 5.67. The number of aromatic nitrogens is 1. The number of nitrogens with two attached hydrogens (primary N) is 1. The number of hydrogen-bond donors (Lipinski definition) is 1. The molecule has 1 aromatic heterocycles. The van der Waals surface area contributed by atoms with E-state index in [-0.39, 0.29) is 18.1 Å². The van der Waals surface area contributed by atoms with Gasteiger partial charge in [-0.2, -0.15) is 0 Å². The van der Waals surface area contributed by atoms with Gasteiger partial charge in [-0.25, -0.2) is 4.98 Å². The maximum Gasteiger partial charge on any atom is 0.228 e. The topological polar surface area (TPSA) is 68.5 Å². The molecule has 0 aliphatic carbocycles. The fourth-order valence-electron chi connectivity index (χ4n) is 2.05. The summed E-state index contributed by atoms with van der Waals surface area (Å²) in [6, 6.07) is 0. The summed E-state index contributed by atoms with van der Waals surface area (Å²) in [4.78, 5) is 18.0. The molecule has 2 N–H and O–H groups in total. The Morgan fingerprint density at radius 2 is 2.24 bits per heavy atom. The maximum absolute atomic E-state index is 12.1. The van der Waals surface area contributed by atoms with Crippen molar-refractivity contribution < 1.29 is 9.53 Å². The van der Waals surface area contributed by atoms with Crippen LogP contribution in [0.4, 0.5) is 5.13 Å². The molecule has 5 nitrogen and oxygen atoms in total. The predicted molar refractivity (Wildman–Crippen MR) is 66.8 cm³/mol. The van der Waals surface area contributed by atoms with Gasteiger partial charge in [0.15, 0.2) is 5.13 Å². The summed E-state index contributed by atoms with van der Waals surface area (Å²) in [5.74, 6) is 0.0947. The van der Waals surface area contributed by atoms with Gasteiger partial charge < -0.3 is 15.4 Å². The van der Waals surface area contributed by atoms with E-state index in [1.807, 2.05) is 24.1 Å². The zero-order valence-corrected chi connectivity index (χ0v) is 10.9. The Morgan fingerprint density at radius 1 is 1.59 bits per heavy atom. The first-order valence-corrected chi connectivity index (χ1v) is 6.55. The third kappa shape index (κ3) is 3.17. The van der Waals surface area contributed by atoms with Gasteiger partial charge in [-0.3, -0.25) is 4.79 Å². The molecule has 0 saturated carbocycles. The fraction of sp³-hybridized carbons (Fsp3) is 0.636. The van der Waals surface area contributed by atoms with Gasteiger partial charge in [0.05, 0.1) is 24.3 Å². The van der Waals surface area contributed by atoms with Gasteiger partial charge in [-0.05, 0) is 13.8 Å². The van der Waals surface area contributed by atoms with E-state index in [0.29, 0.717) is 24.6 Å². The number of hydrogen-bond acceptors (Lipinski definition) is 5. The van der Waals surface area contributed by atoms with E-state index in [2.05, 4.69) is 4.98 Å². The van der Waals surface area contributed by atoms with Crippen molar-refractivity contribution in [3.05, 3.63) is 11.1 Å². The first-order chi connectivity index (χ1) is 8.04. The number of amides is 1. The van der Waals surface area contributed by atoms with E-state index < -0.39 is 0 Å². The van der Waals surface area contributed by atoms with Gasteiger partial charge in [0.1, 0.15) is 0 Å². The van der Waals surface area contributed by atoms with Gasteiger partial charge in [0, 0.05) is 18.5 Å². The van der Waals surface area contributed by atoms with E-state index in [0.717, 1.165) is 5.69 Å². The lowest BCUT2D eigenvalue weighted by Gasteiger charge is -2.35. The molecule has 0 spiro atoms. The van der Waals surface area contributed by atoms with Crippen molar-refractivity contribution in [3.63, 3.8) is 0 Å². The Hall–Kier alpha value is -1.14. The first kappa shape index (κ1) is 12.3. The van der Waals surface area contributed by atoms with Crippen molar-refractivity contribution >= 4 is 22.4 Å². The Kier molecular flexibility index (Phi) is 3.63. The molecule has 2 atom stereocenters. The van der Waals surface area contributed by atoms with Crippen molar-refractivity contribution in [2.45, 2.75) is 32.5 Å². The van der Waals surface area contributed by atoms with Crippen LogP contribution in [0.3, 0.4) is 0 Å². The van der Waals surface area contributed by atoms with Crippen LogP contribution in [0.1, 0.15) is 19.5 Å². The number of carbonyl (C=O) groups excluding carboxylic acids is 1. The van der Waals surface area contributed by atoms with Crippen LogP contribution in [0, 0.1) is 0 Å². The Balaban J connectivity index is 1.95. The van der Waals surface area contributed by atoms with E-state index in [9.17, 15) is 4.79 Å². The Labute approximate surface area is 105 Å². The molecular weight excluding hydrogens is 238 g/mol. The number of anilines is 1. The number of rotatable bonds is 2. The highest BCUT2D eigenvalue weighted by Crippen LogP contribution is 2.15. The quantitative estimate of drug-likeness (QED) is 0.852. The van der Waals surface area contributed by atoms with E-state index in [1.54, 1.807) is 0 Å². The molecule has 17 heavy (non-hydrogen) atoms. The van der Waals surface area contributed by atoms with Crippen LogP contribution in [-0.2, 0) is 16.0 Å². The normalized spacial score (nSPS) is 24.9. The third-order valence-corrected chi connectivity index (χ3v) is 3.40. The van der Waals surface area contributed by atoms with Crippen molar-refractivity contribution in [2.75, 3.05) is 18.8 Å². The van der Waals surface area contributed by atoms with Crippen LogP contribution in [0.5, 0.6) is 0 Å².